The predicted octanol–water partition coefficient (Wildman–Crippen LogP) is 3.60. The van der Waals surface area contributed by atoms with Gasteiger partial charge in [-0.25, -0.2) is 0 Å². The van der Waals surface area contributed by atoms with Crippen molar-refractivity contribution in [1.82, 2.24) is 4.98 Å². The minimum absolute atomic E-state index is 0.0580. The first kappa shape index (κ1) is 11.8. The molecule has 0 amide bonds. The van der Waals surface area contributed by atoms with Crippen LogP contribution in [0.4, 0.5) is 0 Å². The monoisotopic (exact) mass is 227 g/mol. The van der Waals surface area contributed by atoms with E-state index in [9.17, 15) is 0 Å². The minimum atomic E-state index is -0.0580. The Labute approximate surface area is 102 Å². The molecule has 1 aromatic heterocycles. The van der Waals surface area contributed by atoms with Gasteiger partial charge in [-0.15, -0.1) is 0 Å². The van der Waals surface area contributed by atoms with Crippen molar-refractivity contribution in [2.45, 2.75) is 19.4 Å². The lowest BCUT2D eigenvalue weighted by molar-refractivity contribution is 0.0778. The van der Waals surface area contributed by atoms with Gasteiger partial charge in [0.25, 0.3) is 0 Å². The number of benzene rings is 1. The summed E-state index contributed by atoms with van der Waals surface area (Å²) >= 11 is 0. The Morgan fingerprint density at radius 3 is 2.47 bits per heavy atom. The standard InChI is InChI=1S/C15H17NO/c1-2-12-17-15(13-8-4-3-5-9-13)14-10-6-7-11-16-14/h3-11,15H,2,12H2,1H3. The Bertz CT molecular complexity index is 388. The molecule has 1 unspecified atom stereocenters. The van der Waals surface area contributed by atoms with E-state index in [4.69, 9.17) is 4.74 Å². The van der Waals surface area contributed by atoms with Crippen molar-refractivity contribution >= 4 is 0 Å². The molecule has 2 nitrogen and oxygen atoms in total. The number of ether oxygens (including phenoxy) is 1. The molecule has 17 heavy (non-hydrogen) atoms. The molecule has 2 rings (SSSR count). The molecule has 2 aromatic rings. The highest BCUT2D eigenvalue weighted by molar-refractivity contribution is 5.25. The zero-order valence-electron chi connectivity index (χ0n) is 10.0. The maximum Gasteiger partial charge on any atom is 0.124 e. The van der Waals surface area contributed by atoms with Crippen molar-refractivity contribution in [1.29, 1.82) is 0 Å². The van der Waals surface area contributed by atoms with Crippen LogP contribution >= 0.6 is 0 Å². The molecule has 0 aliphatic heterocycles. The summed E-state index contributed by atoms with van der Waals surface area (Å²) < 4.78 is 5.90. The van der Waals surface area contributed by atoms with E-state index in [1.807, 2.05) is 36.4 Å². The van der Waals surface area contributed by atoms with Gasteiger partial charge in [0.2, 0.25) is 0 Å². The fourth-order valence-corrected chi connectivity index (χ4v) is 1.75. The van der Waals surface area contributed by atoms with Crippen LogP contribution in [0, 0.1) is 0 Å². The first-order chi connectivity index (χ1) is 8.42. The second-order valence-corrected chi connectivity index (χ2v) is 3.92. The molecule has 1 aromatic carbocycles. The summed E-state index contributed by atoms with van der Waals surface area (Å²) in [6.45, 7) is 2.86. The molecule has 0 saturated heterocycles. The second kappa shape index (κ2) is 6.16. The van der Waals surface area contributed by atoms with E-state index >= 15 is 0 Å². The van der Waals surface area contributed by atoms with Gasteiger partial charge in [0.1, 0.15) is 6.10 Å². The molecular formula is C15H17NO. The van der Waals surface area contributed by atoms with Gasteiger partial charge >= 0.3 is 0 Å². The van der Waals surface area contributed by atoms with Crippen molar-refractivity contribution in [2.75, 3.05) is 6.61 Å². The SMILES string of the molecule is CCCOC(c1ccccc1)c1ccccn1. The molecule has 0 spiro atoms. The topological polar surface area (TPSA) is 22.1 Å². The van der Waals surface area contributed by atoms with Gasteiger partial charge in [0.05, 0.1) is 5.69 Å². The van der Waals surface area contributed by atoms with Gasteiger partial charge in [-0.2, -0.15) is 0 Å². The van der Waals surface area contributed by atoms with Gasteiger partial charge in [0, 0.05) is 12.8 Å². The van der Waals surface area contributed by atoms with Gasteiger partial charge in [-0.05, 0) is 24.1 Å². The lowest BCUT2D eigenvalue weighted by Gasteiger charge is -2.17. The first-order valence-corrected chi connectivity index (χ1v) is 5.99. The van der Waals surface area contributed by atoms with E-state index in [1.165, 1.54) is 0 Å². The summed E-state index contributed by atoms with van der Waals surface area (Å²) in [5.74, 6) is 0. The zero-order chi connectivity index (χ0) is 11.9. The quantitative estimate of drug-likeness (QED) is 0.778. The van der Waals surface area contributed by atoms with Crippen molar-refractivity contribution in [2.24, 2.45) is 0 Å². The molecule has 0 saturated carbocycles. The highest BCUT2D eigenvalue weighted by Gasteiger charge is 2.14. The summed E-state index contributed by atoms with van der Waals surface area (Å²) in [6.07, 6.45) is 2.76. The highest BCUT2D eigenvalue weighted by atomic mass is 16.5. The normalized spacial score (nSPS) is 12.3. The van der Waals surface area contributed by atoms with E-state index in [1.54, 1.807) is 6.20 Å². The number of pyridine rings is 1. The third-order valence-electron chi connectivity index (χ3n) is 2.55. The minimum Gasteiger partial charge on any atom is -0.367 e. The van der Waals surface area contributed by atoms with Crippen LogP contribution in [-0.2, 0) is 4.74 Å². The molecule has 0 fully saturated rings. The maximum absolute atomic E-state index is 5.90. The Kier molecular flexibility index (Phi) is 4.28. The average Bonchev–Trinajstić information content (AvgIpc) is 2.42. The molecule has 0 bridgehead atoms. The van der Waals surface area contributed by atoms with E-state index in [-0.39, 0.29) is 6.10 Å². The summed E-state index contributed by atoms with van der Waals surface area (Å²) in [5, 5.41) is 0. The van der Waals surface area contributed by atoms with Crippen LogP contribution in [-0.4, -0.2) is 11.6 Å². The number of nitrogens with zero attached hydrogens (tertiary/aromatic N) is 1. The largest absolute Gasteiger partial charge is 0.367 e. The van der Waals surface area contributed by atoms with Gasteiger partial charge in [-0.1, -0.05) is 43.3 Å². The second-order valence-electron chi connectivity index (χ2n) is 3.92. The molecule has 0 radical (unpaired) electrons. The third-order valence-corrected chi connectivity index (χ3v) is 2.55. The molecule has 88 valence electrons. The number of hydrogen-bond acceptors (Lipinski definition) is 2. The molecule has 2 heteroatoms. The van der Waals surface area contributed by atoms with E-state index < -0.39 is 0 Å². The lowest BCUT2D eigenvalue weighted by Crippen LogP contribution is -2.08. The predicted molar refractivity (Wildman–Crippen MR) is 68.8 cm³/mol. The number of rotatable bonds is 5. The van der Waals surface area contributed by atoms with Crippen LogP contribution in [0.15, 0.2) is 54.7 Å². The van der Waals surface area contributed by atoms with Crippen LogP contribution in [0.25, 0.3) is 0 Å². The van der Waals surface area contributed by atoms with Crippen LogP contribution in [0.5, 0.6) is 0 Å². The first-order valence-electron chi connectivity index (χ1n) is 5.99. The fraction of sp³-hybridized carbons (Fsp3) is 0.267. The Morgan fingerprint density at radius 1 is 1.06 bits per heavy atom. The Morgan fingerprint density at radius 2 is 1.82 bits per heavy atom. The van der Waals surface area contributed by atoms with Crippen molar-refractivity contribution in [3.63, 3.8) is 0 Å². The third kappa shape index (κ3) is 3.14. The summed E-state index contributed by atoms with van der Waals surface area (Å²) in [6, 6.07) is 16.1. The van der Waals surface area contributed by atoms with Crippen LogP contribution in [0.3, 0.4) is 0 Å². The summed E-state index contributed by atoms with van der Waals surface area (Å²) in [4.78, 5) is 4.38. The number of hydrogen-bond donors (Lipinski definition) is 0. The van der Waals surface area contributed by atoms with Gasteiger partial charge < -0.3 is 4.74 Å². The molecule has 1 heterocycles. The van der Waals surface area contributed by atoms with Gasteiger partial charge in [0.15, 0.2) is 0 Å². The van der Waals surface area contributed by atoms with E-state index in [0.717, 1.165) is 24.3 Å². The highest BCUT2D eigenvalue weighted by Crippen LogP contribution is 2.24. The van der Waals surface area contributed by atoms with Gasteiger partial charge in [-0.3, -0.25) is 4.98 Å². The zero-order valence-corrected chi connectivity index (χ0v) is 10.0. The van der Waals surface area contributed by atoms with E-state index in [0.29, 0.717) is 0 Å². The average molecular weight is 227 g/mol. The maximum atomic E-state index is 5.90. The Balaban J connectivity index is 2.26. The van der Waals surface area contributed by atoms with Crippen LogP contribution in [0.2, 0.25) is 0 Å². The molecule has 0 aliphatic carbocycles. The van der Waals surface area contributed by atoms with Crippen molar-refractivity contribution in [3.05, 3.63) is 66.0 Å². The van der Waals surface area contributed by atoms with Crippen molar-refractivity contribution < 1.29 is 4.74 Å². The lowest BCUT2D eigenvalue weighted by atomic mass is 10.1. The van der Waals surface area contributed by atoms with Crippen LogP contribution in [0.1, 0.15) is 30.7 Å². The fourth-order valence-electron chi connectivity index (χ4n) is 1.75. The summed E-state index contributed by atoms with van der Waals surface area (Å²) in [5.41, 5.74) is 2.12. The summed E-state index contributed by atoms with van der Waals surface area (Å²) in [7, 11) is 0. The number of aromatic nitrogens is 1. The smallest absolute Gasteiger partial charge is 0.124 e. The molecule has 1 atom stereocenters. The van der Waals surface area contributed by atoms with Crippen LogP contribution < -0.4 is 0 Å². The molecular weight excluding hydrogens is 210 g/mol. The van der Waals surface area contributed by atoms with Crippen molar-refractivity contribution in [3.8, 4) is 0 Å². The van der Waals surface area contributed by atoms with E-state index in [2.05, 4.69) is 24.0 Å². The molecule has 0 aliphatic rings. The molecule has 0 N–H and O–H groups in total. The Hall–Kier alpha value is -1.67.